The third kappa shape index (κ3) is 5.48. The van der Waals surface area contributed by atoms with Gasteiger partial charge in [0.15, 0.2) is 5.96 Å². The highest BCUT2D eigenvalue weighted by Crippen LogP contribution is 2.34. The Morgan fingerprint density at radius 1 is 1.22 bits per heavy atom. The molecule has 27 heavy (non-hydrogen) atoms. The van der Waals surface area contributed by atoms with Crippen LogP contribution in [-0.2, 0) is 12.7 Å². The summed E-state index contributed by atoms with van der Waals surface area (Å²) in [6.07, 6.45) is -4.47. The standard InChI is InChI=1S/C19H26F3N5/c1-6-23-18(25-12(2)3)24-11-15-7-8-16(10-17(15)19(20,21)22)27-14(5)9-13(4)26-27/h7-10,12H,6,11H2,1-5H3,(H2,23,24,25). The van der Waals surface area contributed by atoms with Crippen molar-refractivity contribution in [3.63, 3.8) is 0 Å². The summed E-state index contributed by atoms with van der Waals surface area (Å²) in [7, 11) is 0. The van der Waals surface area contributed by atoms with Gasteiger partial charge in [-0.2, -0.15) is 18.3 Å². The number of benzene rings is 1. The van der Waals surface area contributed by atoms with Crippen molar-refractivity contribution >= 4 is 5.96 Å². The lowest BCUT2D eigenvalue weighted by atomic mass is 10.1. The number of rotatable bonds is 5. The lowest BCUT2D eigenvalue weighted by Gasteiger charge is -2.16. The molecule has 1 heterocycles. The number of nitrogens with zero attached hydrogens (tertiary/aromatic N) is 3. The summed E-state index contributed by atoms with van der Waals surface area (Å²) in [4.78, 5) is 4.29. The smallest absolute Gasteiger partial charge is 0.357 e. The average Bonchev–Trinajstić information content (AvgIpc) is 2.90. The first kappa shape index (κ1) is 20.8. The van der Waals surface area contributed by atoms with Crippen LogP contribution in [-0.4, -0.2) is 28.3 Å². The van der Waals surface area contributed by atoms with Crippen LogP contribution in [0.4, 0.5) is 13.2 Å². The van der Waals surface area contributed by atoms with Gasteiger partial charge in [0.2, 0.25) is 0 Å². The maximum atomic E-state index is 13.6. The van der Waals surface area contributed by atoms with Crippen LogP contribution < -0.4 is 10.6 Å². The predicted octanol–water partition coefficient (Wildman–Crippen LogP) is 3.97. The predicted molar refractivity (Wildman–Crippen MR) is 101 cm³/mol. The van der Waals surface area contributed by atoms with Crippen molar-refractivity contribution in [2.75, 3.05) is 6.54 Å². The molecule has 5 nitrogen and oxygen atoms in total. The Labute approximate surface area is 157 Å². The minimum atomic E-state index is -4.47. The van der Waals surface area contributed by atoms with Crippen LogP contribution in [0.2, 0.25) is 0 Å². The molecule has 1 aromatic heterocycles. The minimum Gasteiger partial charge on any atom is -0.357 e. The van der Waals surface area contributed by atoms with Gasteiger partial charge in [0.1, 0.15) is 0 Å². The highest BCUT2D eigenvalue weighted by atomic mass is 19.4. The van der Waals surface area contributed by atoms with E-state index in [1.807, 2.05) is 33.8 Å². The number of aliphatic imine (C=N–C) groups is 1. The van der Waals surface area contributed by atoms with E-state index in [2.05, 4.69) is 20.7 Å². The first-order chi connectivity index (χ1) is 12.6. The zero-order chi connectivity index (χ0) is 20.2. The van der Waals surface area contributed by atoms with E-state index in [1.165, 1.54) is 10.7 Å². The van der Waals surface area contributed by atoms with Gasteiger partial charge in [-0.1, -0.05) is 6.07 Å². The third-order valence-corrected chi connectivity index (χ3v) is 3.83. The zero-order valence-electron chi connectivity index (χ0n) is 16.3. The molecule has 0 aliphatic carbocycles. The van der Waals surface area contributed by atoms with Gasteiger partial charge in [-0.15, -0.1) is 0 Å². The van der Waals surface area contributed by atoms with Gasteiger partial charge in [-0.25, -0.2) is 9.67 Å². The fraction of sp³-hybridized carbons (Fsp3) is 0.474. The maximum absolute atomic E-state index is 13.6. The molecule has 0 unspecified atom stereocenters. The molecule has 2 aromatic rings. The van der Waals surface area contributed by atoms with E-state index in [1.54, 1.807) is 13.0 Å². The highest BCUT2D eigenvalue weighted by Gasteiger charge is 2.33. The van der Waals surface area contributed by atoms with E-state index >= 15 is 0 Å². The Morgan fingerprint density at radius 2 is 1.93 bits per heavy atom. The van der Waals surface area contributed by atoms with Gasteiger partial charge in [-0.3, -0.25) is 0 Å². The molecule has 0 amide bonds. The Balaban J connectivity index is 2.40. The molecule has 0 saturated heterocycles. The van der Waals surface area contributed by atoms with E-state index in [9.17, 15) is 13.2 Å². The number of halogens is 3. The van der Waals surface area contributed by atoms with Crippen LogP contribution in [0.3, 0.4) is 0 Å². The summed E-state index contributed by atoms with van der Waals surface area (Å²) in [5, 5.41) is 10.4. The van der Waals surface area contributed by atoms with Crippen molar-refractivity contribution in [1.82, 2.24) is 20.4 Å². The molecule has 2 rings (SSSR count). The van der Waals surface area contributed by atoms with Crippen molar-refractivity contribution < 1.29 is 13.2 Å². The van der Waals surface area contributed by atoms with E-state index < -0.39 is 11.7 Å². The van der Waals surface area contributed by atoms with Gasteiger partial charge in [-0.05, 0) is 58.4 Å². The zero-order valence-corrected chi connectivity index (χ0v) is 16.3. The SMILES string of the molecule is CCNC(=NCc1ccc(-n2nc(C)cc2C)cc1C(F)(F)F)NC(C)C. The molecular weight excluding hydrogens is 355 g/mol. The largest absolute Gasteiger partial charge is 0.416 e. The number of aryl methyl sites for hydroxylation is 2. The van der Waals surface area contributed by atoms with Gasteiger partial charge >= 0.3 is 6.18 Å². The number of hydrogen-bond donors (Lipinski definition) is 2. The van der Waals surface area contributed by atoms with E-state index in [0.29, 0.717) is 18.2 Å². The Bertz CT molecular complexity index is 806. The second kappa shape index (κ2) is 8.45. The molecule has 0 saturated carbocycles. The molecule has 0 aliphatic heterocycles. The molecule has 0 atom stereocenters. The average molecular weight is 381 g/mol. The summed E-state index contributed by atoms with van der Waals surface area (Å²) >= 11 is 0. The van der Waals surface area contributed by atoms with Gasteiger partial charge < -0.3 is 10.6 Å². The molecule has 0 radical (unpaired) electrons. The first-order valence-electron chi connectivity index (χ1n) is 8.90. The summed E-state index contributed by atoms with van der Waals surface area (Å²) in [6.45, 7) is 9.96. The topological polar surface area (TPSA) is 54.2 Å². The normalized spacial score (nSPS) is 12.6. The number of hydrogen-bond acceptors (Lipinski definition) is 2. The maximum Gasteiger partial charge on any atom is 0.416 e. The quantitative estimate of drug-likeness (QED) is 0.609. The summed E-state index contributed by atoms with van der Waals surface area (Å²) in [5.74, 6) is 0.489. The van der Waals surface area contributed by atoms with Crippen molar-refractivity contribution in [2.24, 2.45) is 4.99 Å². The van der Waals surface area contributed by atoms with Crippen molar-refractivity contribution in [3.8, 4) is 5.69 Å². The van der Waals surface area contributed by atoms with Crippen LogP contribution >= 0.6 is 0 Å². The van der Waals surface area contributed by atoms with Crippen molar-refractivity contribution in [1.29, 1.82) is 0 Å². The molecule has 0 aliphatic rings. The van der Waals surface area contributed by atoms with Crippen molar-refractivity contribution in [3.05, 3.63) is 46.8 Å². The molecule has 0 spiro atoms. The minimum absolute atomic E-state index is 0.0751. The number of nitrogens with one attached hydrogen (secondary N) is 2. The molecule has 0 bridgehead atoms. The van der Waals surface area contributed by atoms with Crippen LogP contribution in [0.5, 0.6) is 0 Å². The fourth-order valence-electron chi connectivity index (χ4n) is 2.75. The summed E-state index contributed by atoms with van der Waals surface area (Å²) < 4.78 is 42.4. The second-order valence-electron chi connectivity index (χ2n) is 6.67. The third-order valence-electron chi connectivity index (χ3n) is 3.83. The Morgan fingerprint density at radius 3 is 2.44 bits per heavy atom. The van der Waals surface area contributed by atoms with Gasteiger partial charge in [0, 0.05) is 18.3 Å². The highest BCUT2D eigenvalue weighted by molar-refractivity contribution is 5.80. The van der Waals surface area contributed by atoms with Crippen molar-refractivity contribution in [2.45, 2.75) is 53.4 Å². The number of guanidine groups is 1. The Kier molecular flexibility index (Phi) is 6.51. The van der Waals surface area contributed by atoms with E-state index in [-0.39, 0.29) is 18.2 Å². The molecule has 2 N–H and O–H groups in total. The van der Waals surface area contributed by atoms with E-state index in [0.717, 1.165) is 17.5 Å². The molecule has 148 valence electrons. The molecule has 0 fully saturated rings. The van der Waals surface area contributed by atoms with Crippen LogP contribution in [0.1, 0.15) is 43.3 Å². The number of aromatic nitrogens is 2. The molecule has 8 heteroatoms. The lowest BCUT2D eigenvalue weighted by Crippen LogP contribution is -2.41. The first-order valence-corrected chi connectivity index (χ1v) is 8.90. The van der Waals surface area contributed by atoms with Crippen LogP contribution in [0.25, 0.3) is 5.69 Å². The summed E-state index contributed by atoms with van der Waals surface area (Å²) in [5.41, 5.74) is 1.34. The number of alkyl halides is 3. The summed E-state index contributed by atoms with van der Waals surface area (Å²) in [6, 6.07) is 6.19. The van der Waals surface area contributed by atoms with E-state index in [4.69, 9.17) is 0 Å². The lowest BCUT2D eigenvalue weighted by molar-refractivity contribution is -0.138. The molecule has 1 aromatic carbocycles. The molecular formula is C19H26F3N5. The Hall–Kier alpha value is -2.51. The fourth-order valence-corrected chi connectivity index (χ4v) is 2.75. The second-order valence-corrected chi connectivity index (χ2v) is 6.67. The monoisotopic (exact) mass is 381 g/mol. The van der Waals surface area contributed by atoms with Gasteiger partial charge in [0.05, 0.1) is 23.5 Å². The van der Waals surface area contributed by atoms with Gasteiger partial charge in [0.25, 0.3) is 0 Å². The van der Waals surface area contributed by atoms with Crippen LogP contribution in [0, 0.1) is 13.8 Å². The van der Waals surface area contributed by atoms with Crippen LogP contribution in [0.15, 0.2) is 29.3 Å².